The number of halogens is 1. The summed E-state index contributed by atoms with van der Waals surface area (Å²) >= 11 is 6.32. The molecule has 0 aromatic heterocycles. The normalized spacial score (nSPS) is 20.7. The number of amides is 1. The highest BCUT2D eigenvalue weighted by molar-refractivity contribution is 6.31. The monoisotopic (exact) mass is 410 g/mol. The van der Waals surface area contributed by atoms with Gasteiger partial charge in [0, 0.05) is 18.1 Å². The van der Waals surface area contributed by atoms with E-state index in [-0.39, 0.29) is 17.9 Å². The third-order valence-electron chi connectivity index (χ3n) is 6.46. The fourth-order valence-corrected chi connectivity index (χ4v) is 4.91. The molecule has 2 aromatic carbocycles. The molecule has 1 fully saturated rings. The van der Waals surface area contributed by atoms with Crippen molar-refractivity contribution in [1.29, 1.82) is 0 Å². The van der Waals surface area contributed by atoms with Gasteiger partial charge in [-0.1, -0.05) is 48.0 Å². The van der Waals surface area contributed by atoms with E-state index in [1.165, 1.54) is 42.4 Å². The maximum Gasteiger partial charge on any atom is 0.224 e. The molecule has 29 heavy (non-hydrogen) atoms. The van der Waals surface area contributed by atoms with E-state index in [1.807, 2.05) is 18.2 Å². The molecule has 1 aliphatic carbocycles. The fraction of sp³-hybridized carbons (Fsp3) is 0.480. The zero-order chi connectivity index (χ0) is 20.2. The van der Waals surface area contributed by atoms with Crippen LogP contribution in [0.5, 0.6) is 0 Å². The summed E-state index contributed by atoms with van der Waals surface area (Å²) < 4.78 is 0. The summed E-state index contributed by atoms with van der Waals surface area (Å²) in [5.74, 6) is 0.227. The molecule has 0 unspecified atom stereocenters. The minimum atomic E-state index is 0.0475. The summed E-state index contributed by atoms with van der Waals surface area (Å²) in [7, 11) is 0. The third-order valence-corrected chi connectivity index (χ3v) is 6.83. The number of aryl methyl sites for hydroxylation is 2. The average molecular weight is 411 g/mol. The van der Waals surface area contributed by atoms with Gasteiger partial charge < -0.3 is 5.32 Å². The van der Waals surface area contributed by atoms with E-state index >= 15 is 0 Å². The molecule has 0 bridgehead atoms. The van der Waals surface area contributed by atoms with Gasteiger partial charge in [0.05, 0.1) is 12.0 Å². The number of rotatable bonds is 5. The van der Waals surface area contributed by atoms with E-state index < -0.39 is 0 Å². The Morgan fingerprint density at radius 2 is 1.93 bits per heavy atom. The summed E-state index contributed by atoms with van der Waals surface area (Å²) in [5.41, 5.74) is 5.32. The van der Waals surface area contributed by atoms with Gasteiger partial charge in [0.2, 0.25) is 5.91 Å². The molecule has 154 valence electrons. The second kappa shape index (κ2) is 9.32. The lowest BCUT2D eigenvalue weighted by Crippen LogP contribution is -2.43. The van der Waals surface area contributed by atoms with Crippen LogP contribution in [-0.2, 0) is 24.2 Å². The Balaban J connectivity index is 1.36. The first kappa shape index (κ1) is 20.4. The number of nitrogens with one attached hydrogen (secondary N) is 1. The highest BCUT2D eigenvalue weighted by atomic mass is 35.5. The summed E-state index contributed by atoms with van der Waals surface area (Å²) in [6.07, 6.45) is 6.95. The molecule has 1 N–H and O–H groups in total. The van der Waals surface area contributed by atoms with Crippen LogP contribution >= 0.6 is 11.6 Å². The van der Waals surface area contributed by atoms with E-state index in [9.17, 15) is 4.79 Å². The molecule has 4 heteroatoms. The quantitative estimate of drug-likeness (QED) is 0.724. The summed E-state index contributed by atoms with van der Waals surface area (Å²) in [4.78, 5) is 15.3. The number of nitrogens with zero attached hydrogens (tertiary/aromatic N) is 1. The van der Waals surface area contributed by atoms with Crippen molar-refractivity contribution in [2.45, 2.75) is 58.0 Å². The van der Waals surface area contributed by atoms with E-state index in [4.69, 9.17) is 11.6 Å². The Kier molecular flexibility index (Phi) is 6.56. The number of carbonyl (C=O) groups excluding carboxylic acids is 1. The standard InChI is InChI=1S/C25H31ClN2O/c1-18(20-13-12-19-7-2-3-8-21(19)15-20)27-25(29)23-10-6-14-28(17-23)16-22-9-4-5-11-24(22)26/h4-5,9,11-13,15,18,23H,2-3,6-8,10,14,16-17H2,1H3,(H,27,29)/t18-,23-/m1/s1. The maximum absolute atomic E-state index is 13.0. The Bertz CT molecular complexity index is 866. The van der Waals surface area contributed by atoms with Crippen molar-refractivity contribution in [2.24, 2.45) is 5.92 Å². The molecule has 1 amide bonds. The predicted molar refractivity (Wildman–Crippen MR) is 119 cm³/mol. The largest absolute Gasteiger partial charge is 0.349 e. The average Bonchev–Trinajstić information content (AvgIpc) is 2.75. The molecule has 1 heterocycles. The van der Waals surface area contributed by atoms with Crippen molar-refractivity contribution in [3.8, 4) is 0 Å². The van der Waals surface area contributed by atoms with Gasteiger partial charge in [0.15, 0.2) is 0 Å². The third kappa shape index (κ3) is 5.02. The predicted octanol–water partition coefficient (Wildman–Crippen LogP) is 5.31. The van der Waals surface area contributed by atoms with Crippen LogP contribution in [0.15, 0.2) is 42.5 Å². The maximum atomic E-state index is 13.0. The van der Waals surface area contributed by atoms with Gasteiger partial charge in [-0.05, 0) is 80.3 Å². The second-order valence-electron chi connectivity index (χ2n) is 8.63. The molecule has 1 saturated heterocycles. The molecule has 2 aliphatic rings. The van der Waals surface area contributed by atoms with Crippen molar-refractivity contribution in [2.75, 3.05) is 13.1 Å². The number of likely N-dealkylation sites (tertiary alicyclic amines) is 1. The molecule has 4 rings (SSSR count). The molecule has 0 spiro atoms. The van der Waals surface area contributed by atoms with Crippen LogP contribution in [0.4, 0.5) is 0 Å². The number of fused-ring (bicyclic) bond motifs is 1. The second-order valence-corrected chi connectivity index (χ2v) is 9.04. The van der Waals surface area contributed by atoms with Crippen LogP contribution in [0.1, 0.15) is 60.9 Å². The first-order valence-corrected chi connectivity index (χ1v) is 11.4. The number of benzene rings is 2. The van der Waals surface area contributed by atoms with Crippen molar-refractivity contribution < 1.29 is 4.79 Å². The zero-order valence-corrected chi connectivity index (χ0v) is 18.0. The Hall–Kier alpha value is -1.84. The van der Waals surface area contributed by atoms with Gasteiger partial charge in [-0.15, -0.1) is 0 Å². The van der Waals surface area contributed by atoms with Crippen LogP contribution in [0, 0.1) is 5.92 Å². The van der Waals surface area contributed by atoms with Crippen LogP contribution < -0.4 is 5.32 Å². The zero-order valence-electron chi connectivity index (χ0n) is 17.3. The van der Waals surface area contributed by atoms with Crippen molar-refractivity contribution in [1.82, 2.24) is 10.2 Å². The Morgan fingerprint density at radius 1 is 1.14 bits per heavy atom. The number of carbonyl (C=O) groups is 1. The van der Waals surface area contributed by atoms with Crippen LogP contribution in [-0.4, -0.2) is 23.9 Å². The lowest BCUT2D eigenvalue weighted by molar-refractivity contribution is -0.127. The van der Waals surface area contributed by atoms with Gasteiger partial charge >= 0.3 is 0 Å². The van der Waals surface area contributed by atoms with Crippen molar-refractivity contribution in [3.05, 3.63) is 69.7 Å². The molecule has 0 saturated carbocycles. The highest BCUT2D eigenvalue weighted by Crippen LogP contribution is 2.26. The van der Waals surface area contributed by atoms with Gasteiger partial charge in [-0.25, -0.2) is 0 Å². The van der Waals surface area contributed by atoms with Gasteiger partial charge in [-0.2, -0.15) is 0 Å². The number of hydrogen-bond donors (Lipinski definition) is 1. The summed E-state index contributed by atoms with van der Waals surface area (Å²) in [6.45, 7) is 4.74. The minimum Gasteiger partial charge on any atom is -0.349 e. The first-order valence-electron chi connectivity index (χ1n) is 11.0. The molecule has 2 atom stereocenters. The smallest absolute Gasteiger partial charge is 0.224 e. The molecule has 2 aromatic rings. The van der Waals surface area contributed by atoms with E-state index in [2.05, 4.69) is 41.4 Å². The lowest BCUT2D eigenvalue weighted by atomic mass is 9.89. The number of hydrogen-bond acceptors (Lipinski definition) is 2. The van der Waals surface area contributed by atoms with Crippen molar-refractivity contribution in [3.63, 3.8) is 0 Å². The number of piperidine rings is 1. The van der Waals surface area contributed by atoms with E-state index in [0.717, 1.165) is 43.1 Å². The Morgan fingerprint density at radius 3 is 2.76 bits per heavy atom. The van der Waals surface area contributed by atoms with Crippen molar-refractivity contribution >= 4 is 17.5 Å². The van der Waals surface area contributed by atoms with Crippen LogP contribution in [0.3, 0.4) is 0 Å². The van der Waals surface area contributed by atoms with Crippen LogP contribution in [0.25, 0.3) is 0 Å². The van der Waals surface area contributed by atoms with Gasteiger partial charge in [-0.3, -0.25) is 9.69 Å². The Labute approximate surface area is 179 Å². The summed E-state index contributed by atoms with van der Waals surface area (Å²) in [6, 6.07) is 14.8. The first-order chi connectivity index (χ1) is 14.1. The SMILES string of the molecule is C[C@@H](NC(=O)[C@@H]1CCCN(Cc2ccccc2Cl)C1)c1ccc2c(c1)CCCC2. The molecular weight excluding hydrogens is 380 g/mol. The van der Waals surface area contributed by atoms with E-state index in [0.29, 0.717) is 0 Å². The van der Waals surface area contributed by atoms with Gasteiger partial charge in [0.1, 0.15) is 0 Å². The fourth-order valence-electron chi connectivity index (χ4n) is 4.72. The molecular formula is C25H31ClN2O. The molecule has 3 nitrogen and oxygen atoms in total. The minimum absolute atomic E-state index is 0.0475. The molecule has 0 radical (unpaired) electrons. The topological polar surface area (TPSA) is 32.3 Å². The van der Waals surface area contributed by atoms with E-state index in [1.54, 1.807) is 0 Å². The van der Waals surface area contributed by atoms with Gasteiger partial charge in [0.25, 0.3) is 0 Å². The lowest BCUT2D eigenvalue weighted by Gasteiger charge is -2.33. The highest BCUT2D eigenvalue weighted by Gasteiger charge is 2.27. The summed E-state index contributed by atoms with van der Waals surface area (Å²) in [5, 5.41) is 4.08. The van der Waals surface area contributed by atoms with Crippen LogP contribution in [0.2, 0.25) is 5.02 Å². The molecule has 1 aliphatic heterocycles.